The Kier molecular flexibility index (Phi) is 6.44. The fourth-order valence-electron chi connectivity index (χ4n) is 3.29. The maximum Gasteiger partial charge on any atom is 0.469 e. The first-order valence-electron chi connectivity index (χ1n) is 9.43. The summed E-state index contributed by atoms with van der Waals surface area (Å²) >= 11 is 1.89. The summed E-state index contributed by atoms with van der Waals surface area (Å²) in [5.74, 6) is 2.09. The van der Waals surface area contributed by atoms with Crippen LogP contribution in [0.4, 0.5) is 20.8 Å². The predicted octanol–water partition coefficient (Wildman–Crippen LogP) is 2.27. The van der Waals surface area contributed by atoms with E-state index in [1.165, 1.54) is 17.0 Å². The molecule has 166 valence electrons. The Hall–Kier alpha value is -2.24. The van der Waals surface area contributed by atoms with Crippen molar-refractivity contribution in [3.63, 3.8) is 0 Å². The van der Waals surface area contributed by atoms with Crippen molar-refractivity contribution >= 4 is 37.3 Å². The van der Waals surface area contributed by atoms with Crippen molar-refractivity contribution in [1.29, 1.82) is 0 Å². The van der Waals surface area contributed by atoms with Crippen molar-refractivity contribution in [2.45, 2.75) is 6.10 Å². The van der Waals surface area contributed by atoms with Crippen LogP contribution in [0.5, 0.6) is 0 Å². The molecule has 4 rings (SSSR count). The lowest BCUT2D eigenvalue weighted by molar-refractivity contribution is 0.0880. The van der Waals surface area contributed by atoms with E-state index in [2.05, 4.69) is 19.4 Å². The first-order valence-corrected chi connectivity index (χ1v) is 12.1. The van der Waals surface area contributed by atoms with E-state index in [4.69, 9.17) is 14.5 Å². The van der Waals surface area contributed by atoms with Crippen LogP contribution in [0.15, 0.2) is 30.6 Å². The van der Waals surface area contributed by atoms with Gasteiger partial charge in [0.2, 0.25) is 5.95 Å². The number of carbonyl (C=O) groups is 1. The second-order valence-electron chi connectivity index (χ2n) is 6.94. The lowest BCUT2D eigenvalue weighted by atomic mass is 10.1. The van der Waals surface area contributed by atoms with Gasteiger partial charge in [0.1, 0.15) is 11.9 Å². The van der Waals surface area contributed by atoms with E-state index in [-0.39, 0.29) is 12.2 Å². The number of cyclic esters (lactones) is 1. The Morgan fingerprint density at radius 3 is 2.61 bits per heavy atom. The second-order valence-corrected chi connectivity index (χ2v) is 9.40. The number of phosphoric ester groups is 1. The normalized spacial score (nSPS) is 19.6. The van der Waals surface area contributed by atoms with Crippen molar-refractivity contribution in [2.24, 2.45) is 0 Å². The van der Waals surface area contributed by atoms with E-state index >= 15 is 0 Å². The molecule has 1 atom stereocenters. The molecule has 1 amide bonds. The zero-order valence-corrected chi connectivity index (χ0v) is 18.0. The summed E-state index contributed by atoms with van der Waals surface area (Å²) in [6.45, 7) is 1.26. The maximum absolute atomic E-state index is 14.8. The molecule has 2 saturated heterocycles. The van der Waals surface area contributed by atoms with E-state index < -0.39 is 32.4 Å². The van der Waals surface area contributed by atoms with Crippen LogP contribution < -0.4 is 9.80 Å². The Morgan fingerprint density at radius 2 is 1.97 bits per heavy atom. The molecule has 1 aromatic carbocycles. The molecule has 0 aliphatic carbocycles. The summed E-state index contributed by atoms with van der Waals surface area (Å²) < 4.78 is 35.0. The van der Waals surface area contributed by atoms with Crippen molar-refractivity contribution in [2.75, 3.05) is 47.5 Å². The van der Waals surface area contributed by atoms with E-state index in [0.717, 1.165) is 24.6 Å². The molecule has 31 heavy (non-hydrogen) atoms. The third kappa shape index (κ3) is 5.34. The fourth-order valence-corrected chi connectivity index (χ4v) is 4.56. The summed E-state index contributed by atoms with van der Waals surface area (Å²) in [7, 11) is -4.68. The van der Waals surface area contributed by atoms with Gasteiger partial charge in [-0.05, 0) is 18.2 Å². The number of hydrogen-bond donors (Lipinski definition) is 2. The Balaban J connectivity index is 1.45. The number of nitrogens with zero attached hydrogens (tertiary/aromatic N) is 4. The number of halogens is 1. The number of phosphoric acid groups is 1. The van der Waals surface area contributed by atoms with Crippen LogP contribution in [0.25, 0.3) is 11.1 Å². The number of ether oxygens (including phenoxy) is 1. The molecule has 0 spiro atoms. The molecule has 2 aromatic rings. The standard InChI is InChI=1S/C18H20FN4O6PS/c19-16-7-13(23-10-14(29-18(23)24)11-28-30(25,26)27)1-2-15(16)12-8-20-17(21-9-12)22-3-5-31-6-4-22/h1-2,7-9,14H,3-6,10-11H2,(H2,25,26,27). The number of hydrogen-bond acceptors (Lipinski definition) is 8. The molecular weight excluding hydrogens is 450 g/mol. The number of thioether (sulfide) groups is 1. The molecule has 0 radical (unpaired) electrons. The number of rotatable bonds is 6. The molecule has 1 unspecified atom stereocenters. The van der Waals surface area contributed by atoms with E-state index in [9.17, 15) is 13.8 Å². The van der Waals surface area contributed by atoms with Crippen molar-refractivity contribution in [1.82, 2.24) is 9.97 Å². The minimum atomic E-state index is -4.68. The Morgan fingerprint density at radius 1 is 1.26 bits per heavy atom. The highest BCUT2D eigenvalue weighted by Gasteiger charge is 2.34. The molecule has 2 N–H and O–H groups in total. The number of aromatic nitrogens is 2. The third-order valence-corrected chi connectivity index (χ3v) is 6.24. The SMILES string of the molecule is O=C1OC(COP(=O)(O)O)CN1c1ccc(-c2cnc(N3CCSCC3)nc2)c(F)c1. The van der Waals surface area contributed by atoms with Crippen molar-refractivity contribution in [3.05, 3.63) is 36.4 Å². The van der Waals surface area contributed by atoms with Gasteiger partial charge in [-0.1, -0.05) is 0 Å². The third-order valence-electron chi connectivity index (χ3n) is 4.81. The predicted molar refractivity (Wildman–Crippen MR) is 113 cm³/mol. The first kappa shape index (κ1) is 22.0. The number of benzene rings is 1. The quantitative estimate of drug-likeness (QED) is 0.608. The highest BCUT2D eigenvalue weighted by atomic mass is 32.2. The molecule has 10 nitrogen and oxygen atoms in total. The van der Waals surface area contributed by atoms with Gasteiger partial charge >= 0.3 is 13.9 Å². The van der Waals surface area contributed by atoms with E-state index in [1.54, 1.807) is 18.5 Å². The zero-order valence-electron chi connectivity index (χ0n) is 16.3. The lowest BCUT2D eigenvalue weighted by Gasteiger charge is -2.26. The van der Waals surface area contributed by atoms with Crippen LogP contribution >= 0.6 is 19.6 Å². The smallest absolute Gasteiger partial charge is 0.441 e. The second kappa shape index (κ2) is 9.09. The van der Waals surface area contributed by atoms with E-state index in [1.807, 2.05) is 11.8 Å². The fraction of sp³-hybridized carbons (Fsp3) is 0.389. The van der Waals surface area contributed by atoms with E-state index in [0.29, 0.717) is 17.1 Å². The molecule has 2 aliphatic rings. The Bertz CT molecular complexity index is 1000. The van der Waals surface area contributed by atoms with Crippen LogP contribution in [0.3, 0.4) is 0 Å². The van der Waals surface area contributed by atoms with Gasteiger partial charge in [-0.25, -0.2) is 23.7 Å². The molecular formula is C18H20FN4O6PS. The van der Waals surface area contributed by atoms with Gasteiger partial charge in [-0.2, -0.15) is 11.8 Å². The maximum atomic E-state index is 14.8. The highest BCUT2D eigenvalue weighted by Crippen LogP contribution is 2.37. The minimum Gasteiger partial charge on any atom is -0.441 e. The average molecular weight is 470 g/mol. The summed E-state index contributed by atoms with van der Waals surface area (Å²) in [5.41, 5.74) is 1.06. The molecule has 2 aliphatic heterocycles. The largest absolute Gasteiger partial charge is 0.469 e. The summed E-state index contributed by atoms with van der Waals surface area (Å²) in [5, 5.41) is 0. The monoisotopic (exact) mass is 470 g/mol. The highest BCUT2D eigenvalue weighted by molar-refractivity contribution is 7.99. The molecule has 0 bridgehead atoms. The van der Waals surface area contributed by atoms with Crippen LogP contribution in [-0.2, 0) is 13.8 Å². The molecule has 1 aromatic heterocycles. The number of anilines is 2. The molecule has 13 heteroatoms. The van der Waals surface area contributed by atoms with Gasteiger partial charge in [0.05, 0.1) is 18.8 Å². The number of amides is 1. The molecule has 2 fully saturated rings. The van der Waals surface area contributed by atoms with Gasteiger partial charge in [-0.15, -0.1) is 0 Å². The van der Waals surface area contributed by atoms with Gasteiger partial charge in [0.25, 0.3) is 0 Å². The zero-order chi connectivity index (χ0) is 22.0. The summed E-state index contributed by atoms with van der Waals surface area (Å²) in [6, 6.07) is 4.27. The number of carbonyl (C=O) groups excluding carboxylic acids is 1. The molecule has 0 saturated carbocycles. The van der Waals surface area contributed by atoms with Crippen LogP contribution in [0, 0.1) is 5.82 Å². The van der Waals surface area contributed by atoms with Crippen molar-refractivity contribution in [3.8, 4) is 11.1 Å². The van der Waals surface area contributed by atoms with Crippen LogP contribution in [0.2, 0.25) is 0 Å². The minimum absolute atomic E-state index is 0.0243. The van der Waals surface area contributed by atoms with Gasteiger partial charge in [-0.3, -0.25) is 9.42 Å². The van der Waals surface area contributed by atoms with Crippen molar-refractivity contribution < 1.29 is 32.8 Å². The Labute approximate surface area is 181 Å². The van der Waals surface area contributed by atoms with Gasteiger partial charge in [0.15, 0.2) is 0 Å². The van der Waals surface area contributed by atoms with Gasteiger partial charge in [0, 0.05) is 48.1 Å². The molecule has 3 heterocycles. The van der Waals surface area contributed by atoms with Gasteiger partial charge < -0.3 is 19.4 Å². The van der Waals surface area contributed by atoms with Crippen LogP contribution in [0.1, 0.15) is 0 Å². The summed E-state index contributed by atoms with van der Waals surface area (Å²) in [6.07, 6.45) is 1.51. The lowest BCUT2D eigenvalue weighted by Crippen LogP contribution is -2.33. The first-order chi connectivity index (χ1) is 14.8. The average Bonchev–Trinajstić information content (AvgIpc) is 3.13. The van der Waals surface area contributed by atoms with Crippen LogP contribution in [-0.4, -0.2) is 69.7 Å². The summed E-state index contributed by atoms with van der Waals surface area (Å²) in [4.78, 5) is 41.6. The topological polar surface area (TPSA) is 125 Å².